The first kappa shape index (κ1) is 12.9. The molecule has 0 bridgehead atoms. The summed E-state index contributed by atoms with van der Waals surface area (Å²) in [6.07, 6.45) is 5.90. The van der Waals surface area contributed by atoms with E-state index >= 15 is 0 Å². The van der Waals surface area contributed by atoms with Crippen molar-refractivity contribution in [3.63, 3.8) is 0 Å². The van der Waals surface area contributed by atoms with E-state index in [-0.39, 0.29) is 11.3 Å². The Bertz CT molecular complexity index is 408. The van der Waals surface area contributed by atoms with Crippen LogP contribution in [0.2, 0.25) is 0 Å². The third-order valence-corrected chi connectivity index (χ3v) is 3.33. The van der Waals surface area contributed by atoms with Crippen LogP contribution in [0.25, 0.3) is 0 Å². The molecule has 18 heavy (non-hydrogen) atoms. The molecule has 0 heterocycles. The van der Waals surface area contributed by atoms with Gasteiger partial charge in [-0.25, -0.2) is 9.18 Å². The molecule has 1 aromatic rings. The van der Waals surface area contributed by atoms with Crippen LogP contribution >= 0.6 is 0 Å². The van der Waals surface area contributed by atoms with Gasteiger partial charge in [0.15, 0.2) is 0 Å². The molecular weight excluding hydrogens is 233 g/mol. The number of anilines is 1. The Morgan fingerprint density at radius 2 is 2.00 bits per heavy atom. The van der Waals surface area contributed by atoms with Crippen molar-refractivity contribution >= 4 is 11.7 Å². The normalized spacial score (nSPS) is 16.5. The molecule has 0 amide bonds. The molecule has 1 fully saturated rings. The maximum atomic E-state index is 13.1. The van der Waals surface area contributed by atoms with Gasteiger partial charge in [-0.1, -0.05) is 19.3 Å². The average Bonchev–Trinajstić information content (AvgIpc) is 2.36. The predicted octanol–water partition coefficient (Wildman–Crippen LogP) is 3.15. The summed E-state index contributed by atoms with van der Waals surface area (Å²) in [5.74, 6) is -0.556. The van der Waals surface area contributed by atoms with Gasteiger partial charge in [0.05, 0.1) is 12.2 Å². The lowest BCUT2D eigenvalue weighted by Crippen LogP contribution is -2.17. The number of hydrogen-bond donors (Lipinski definition) is 1. The topological polar surface area (TPSA) is 52.3 Å². The predicted molar refractivity (Wildman–Crippen MR) is 67.7 cm³/mol. The van der Waals surface area contributed by atoms with Gasteiger partial charge in [-0.05, 0) is 37.0 Å². The molecule has 3 nitrogen and oxygen atoms in total. The number of rotatable bonds is 3. The van der Waals surface area contributed by atoms with Crippen molar-refractivity contribution in [3.8, 4) is 0 Å². The summed E-state index contributed by atoms with van der Waals surface area (Å²) in [6.45, 7) is 0.426. The van der Waals surface area contributed by atoms with Crippen molar-refractivity contribution in [1.82, 2.24) is 0 Å². The monoisotopic (exact) mass is 251 g/mol. The summed E-state index contributed by atoms with van der Waals surface area (Å²) in [5.41, 5.74) is 5.91. The third kappa shape index (κ3) is 3.45. The van der Waals surface area contributed by atoms with Crippen LogP contribution in [0.15, 0.2) is 18.2 Å². The van der Waals surface area contributed by atoms with Crippen LogP contribution in [-0.2, 0) is 4.74 Å². The zero-order valence-corrected chi connectivity index (χ0v) is 10.3. The maximum Gasteiger partial charge on any atom is 0.338 e. The van der Waals surface area contributed by atoms with Crippen molar-refractivity contribution in [2.45, 2.75) is 32.1 Å². The van der Waals surface area contributed by atoms with E-state index in [1.807, 2.05) is 0 Å². The largest absolute Gasteiger partial charge is 0.462 e. The highest BCUT2D eigenvalue weighted by Gasteiger charge is 2.16. The van der Waals surface area contributed by atoms with Crippen LogP contribution in [0.5, 0.6) is 0 Å². The lowest BCUT2D eigenvalue weighted by molar-refractivity contribution is 0.0410. The smallest absolute Gasteiger partial charge is 0.338 e. The number of ether oxygens (including phenoxy) is 1. The number of benzene rings is 1. The molecule has 0 unspecified atom stereocenters. The fourth-order valence-electron chi connectivity index (χ4n) is 2.36. The molecule has 1 saturated carbocycles. The first-order valence-electron chi connectivity index (χ1n) is 6.38. The molecule has 0 aromatic heterocycles. The second kappa shape index (κ2) is 5.85. The van der Waals surface area contributed by atoms with E-state index in [1.54, 1.807) is 0 Å². The second-order valence-corrected chi connectivity index (χ2v) is 4.88. The molecule has 2 N–H and O–H groups in total. The molecule has 1 aliphatic rings. The lowest BCUT2D eigenvalue weighted by Gasteiger charge is -2.21. The Morgan fingerprint density at radius 3 is 2.67 bits per heavy atom. The van der Waals surface area contributed by atoms with E-state index in [4.69, 9.17) is 10.5 Å². The van der Waals surface area contributed by atoms with Crippen molar-refractivity contribution in [2.24, 2.45) is 5.92 Å². The molecule has 0 radical (unpaired) electrons. The highest BCUT2D eigenvalue weighted by molar-refractivity contribution is 5.90. The molecule has 4 heteroatoms. The van der Waals surface area contributed by atoms with Crippen LogP contribution in [0.3, 0.4) is 0 Å². The van der Waals surface area contributed by atoms with E-state index < -0.39 is 11.8 Å². The van der Waals surface area contributed by atoms with Gasteiger partial charge in [-0.3, -0.25) is 0 Å². The molecule has 0 aliphatic heterocycles. The van der Waals surface area contributed by atoms with Crippen LogP contribution < -0.4 is 5.73 Å². The summed E-state index contributed by atoms with van der Waals surface area (Å²) in [4.78, 5) is 11.7. The van der Waals surface area contributed by atoms with E-state index in [2.05, 4.69) is 0 Å². The Kier molecular flexibility index (Phi) is 4.18. The average molecular weight is 251 g/mol. The first-order valence-corrected chi connectivity index (χ1v) is 6.38. The van der Waals surface area contributed by atoms with Crippen molar-refractivity contribution in [2.75, 3.05) is 12.3 Å². The minimum Gasteiger partial charge on any atom is -0.462 e. The summed E-state index contributed by atoms with van der Waals surface area (Å²) in [7, 11) is 0. The number of nitrogen functional groups attached to an aromatic ring is 1. The van der Waals surface area contributed by atoms with Crippen molar-refractivity contribution < 1.29 is 13.9 Å². The second-order valence-electron chi connectivity index (χ2n) is 4.88. The molecular formula is C14H18FNO2. The molecule has 1 aromatic carbocycles. The van der Waals surface area contributed by atoms with E-state index in [9.17, 15) is 9.18 Å². The molecule has 2 rings (SSSR count). The minimum absolute atomic E-state index is 0.184. The molecule has 1 aliphatic carbocycles. The minimum atomic E-state index is -0.514. The fraction of sp³-hybridized carbons (Fsp3) is 0.500. The molecule has 98 valence electrons. The number of hydrogen-bond acceptors (Lipinski definition) is 3. The van der Waals surface area contributed by atoms with Gasteiger partial charge in [-0.15, -0.1) is 0 Å². The van der Waals surface area contributed by atoms with Gasteiger partial charge < -0.3 is 10.5 Å². The van der Waals surface area contributed by atoms with E-state index in [1.165, 1.54) is 31.4 Å². The van der Waals surface area contributed by atoms with E-state index in [0.717, 1.165) is 18.9 Å². The summed E-state index contributed by atoms with van der Waals surface area (Å²) in [6, 6.07) is 3.77. The van der Waals surface area contributed by atoms with Crippen LogP contribution in [-0.4, -0.2) is 12.6 Å². The van der Waals surface area contributed by atoms with Crippen molar-refractivity contribution in [1.29, 1.82) is 0 Å². The standard InChI is InChI=1S/C14H18FNO2/c15-12-6-11(7-13(16)8-12)14(17)18-9-10-4-2-1-3-5-10/h6-8,10H,1-5,9,16H2. The van der Waals surface area contributed by atoms with Crippen LogP contribution in [0.4, 0.5) is 10.1 Å². The lowest BCUT2D eigenvalue weighted by atomic mass is 9.90. The number of esters is 1. The molecule has 0 atom stereocenters. The number of carbonyl (C=O) groups excluding carboxylic acids is 1. The Morgan fingerprint density at radius 1 is 1.28 bits per heavy atom. The number of nitrogens with two attached hydrogens (primary N) is 1. The Balaban J connectivity index is 1.90. The summed E-state index contributed by atoms with van der Waals surface area (Å²) >= 11 is 0. The summed E-state index contributed by atoms with van der Waals surface area (Å²) in [5, 5.41) is 0. The van der Waals surface area contributed by atoms with Gasteiger partial charge in [0.2, 0.25) is 0 Å². The zero-order valence-electron chi connectivity index (χ0n) is 10.3. The van der Waals surface area contributed by atoms with Gasteiger partial charge in [-0.2, -0.15) is 0 Å². The molecule has 0 saturated heterocycles. The zero-order chi connectivity index (χ0) is 13.0. The van der Waals surface area contributed by atoms with Gasteiger partial charge in [0.1, 0.15) is 5.82 Å². The van der Waals surface area contributed by atoms with Gasteiger partial charge in [0, 0.05) is 5.69 Å². The van der Waals surface area contributed by atoms with Crippen molar-refractivity contribution in [3.05, 3.63) is 29.6 Å². The van der Waals surface area contributed by atoms with Gasteiger partial charge in [0.25, 0.3) is 0 Å². The Labute approximate surface area is 106 Å². The fourth-order valence-corrected chi connectivity index (χ4v) is 2.36. The molecule has 0 spiro atoms. The highest BCUT2D eigenvalue weighted by atomic mass is 19.1. The van der Waals surface area contributed by atoms with Gasteiger partial charge >= 0.3 is 5.97 Å². The SMILES string of the molecule is Nc1cc(F)cc(C(=O)OCC2CCCCC2)c1. The highest BCUT2D eigenvalue weighted by Crippen LogP contribution is 2.24. The Hall–Kier alpha value is -1.58. The maximum absolute atomic E-state index is 13.1. The first-order chi connectivity index (χ1) is 8.65. The third-order valence-electron chi connectivity index (χ3n) is 3.33. The number of carbonyl (C=O) groups is 1. The van der Waals surface area contributed by atoms with Crippen LogP contribution in [0.1, 0.15) is 42.5 Å². The quantitative estimate of drug-likeness (QED) is 0.663. The van der Waals surface area contributed by atoms with E-state index in [0.29, 0.717) is 12.5 Å². The van der Waals surface area contributed by atoms with Crippen LogP contribution in [0, 0.1) is 11.7 Å². The summed E-state index contributed by atoms with van der Waals surface area (Å²) < 4.78 is 18.3. The number of halogens is 1.